The van der Waals surface area contributed by atoms with Crippen LogP contribution in [0.4, 0.5) is 0 Å². The highest BCUT2D eigenvalue weighted by atomic mass is 16.3. The second-order valence-electron chi connectivity index (χ2n) is 7.93. The van der Waals surface area contributed by atoms with Gasteiger partial charge in [0.25, 0.3) is 0 Å². The van der Waals surface area contributed by atoms with Gasteiger partial charge in [-0.1, -0.05) is 45.4 Å². The van der Waals surface area contributed by atoms with Gasteiger partial charge in [-0.25, -0.2) is 0 Å². The summed E-state index contributed by atoms with van der Waals surface area (Å²) in [4.78, 5) is 28.3. The van der Waals surface area contributed by atoms with Gasteiger partial charge in [-0.2, -0.15) is 0 Å². The molecular weight excluding hydrogens is 316 g/mol. The Bertz CT molecular complexity index is 412. The maximum absolute atomic E-state index is 12.8. The number of amides is 1. The van der Waals surface area contributed by atoms with Crippen molar-refractivity contribution in [1.29, 1.82) is 0 Å². The zero-order chi connectivity index (χ0) is 18.8. The first-order chi connectivity index (χ1) is 11.8. The van der Waals surface area contributed by atoms with Crippen molar-refractivity contribution in [3.8, 4) is 0 Å². The molecule has 0 bridgehead atoms. The fraction of sp³-hybridized carbons (Fsp3) is 0.900. The molecule has 0 spiro atoms. The highest BCUT2D eigenvalue weighted by Crippen LogP contribution is 2.21. The van der Waals surface area contributed by atoms with Gasteiger partial charge < -0.3 is 10.0 Å². The summed E-state index contributed by atoms with van der Waals surface area (Å²) in [6.45, 7) is 2.69. The number of carbonyl (C=O) groups excluding carboxylic acids is 2. The molecule has 1 unspecified atom stereocenters. The summed E-state index contributed by atoms with van der Waals surface area (Å²) in [6, 6.07) is -0.495. The minimum atomic E-state index is -0.800. The van der Waals surface area contributed by atoms with Crippen LogP contribution in [-0.4, -0.2) is 66.4 Å². The van der Waals surface area contributed by atoms with Crippen molar-refractivity contribution in [2.45, 2.75) is 83.3 Å². The maximum atomic E-state index is 12.8. The zero-order valence-corrected chi connectivity index (χ0v) is 16.7. The van der Waals surface area contributed by atoms with Gasteiger partial charge in [0.1, 0.15) is 0 Å². The summed E-state index contributed by atoms with van der Waals surface area (Å²) in [5, 5.41) is 10.8. The van der Waals surface area contributed by atoms with E-state index < -0.39 is 12.1 Å². The van der Waals surface area contributed by atoms with Crippen molar-refractivity contribution < 1.29 is 14.7 Å². The zero-order valence-electron chi connectivity index (χ0n) is 16.7. The number of ketones is 1. The molecule has 1 heterocycles. The molecule has 5 heteroatoms. The van der Waals surface area contributed by atoms with Gasteiger partial charge in [0.15, 0.2) is 5.78 Å². The number of nitrogens with zero attached hydrogens (tertiary/aromatic N) is 2. The Morgan fingerprint density at radius 2 is 1.64 bits per heavy atom. The number of carbonyl (C=O) groups is 2. The highest BCUT2D eigenvalue weighted by Gasteiger charge is 2.34. The smallest absolute Gasteiger partial charge is 0.222 e. The third kappa shape index (κ3) is 7.87. The lowest BCUT2D eigenvalue weighted by molar-refractivity contribution is -0.134. The van der Waals surface area contributed by atoms with Gasteiger partial charge in [0.05, 0.1) is 12.1 Å². The van der Waals surface area contributed by atoms with Crippen LogP contribution in [0.1, 0.15) is 71.1 Å². The first kappa shape index (κ1) is 22.1. The standard InChI is InChI=1S/C20H38N2O3/c1-16(15-18(24)21(2)3)20(25)19-17(23)13-11-9-7-5-6-8-10-12-14-22(19)4/h16,19-20,25H,5-15H2,1-4H3/t16-,19-,20?/m1/s1. The molecule has 1 fully saturated rings. The average Bonchev–Trinajstić information content (AvgIpc) is 2.57. The minimum Gasteiger partial charge on any atom is -0.391 e. The van der Waals surface area contributed by atoms with E-state index in [2.05, 4.69) is 0 Å². The van der Waals surface area contributed by atoms with E-state index in [0.29, 0.717) is 6.42 Å². The molecule has 146 valence electrons. The fourth-order valence-corrected chi connectivity index (χ4v) is 3.60. The molecule has 1 aliphatic rings. The number of Topliss-reactive ketones (excluding diaryl/α,β-unsaturated/α-hetero) is 1. The summed E-state index contributed by atoms with van der Waals surface area (Å²) in [5.74, 6) is -0.119. The molecule has 0 aliphatic carbocycles. The van der Waals surface area contributed by atoms with Gasteiger partial charge in [-0.3, -0.25) is 14.5 Å². The van der Waals surface area contributed by atoms with Crippen LogP contribution in [0.3, 0.4) is 0 Å². The second kappa shape index (κ2) is 11.6. The van der Waals surface area contributed by atoms with Crippen LogP contribution in [-0.2, 0) is 9.59 Å². The van der Waals surface area contributed by atoms with E-state index in [9.17, 15) is 14.7 Å². The third-order valence-electron chi connectivity index (χ3n) is 5.39. The van der Waals surface area contributed by atoms with Crippen molar-refractivity contribution in [2.24, 2.45) is 5.92 Å². The van der Waals surface area contributed by atoms with Crippen molar-refractivity contribution >= 4 is 11.7 Å². The maximum Gasteiger partial charge on any atom is 0.222 e. The third-order valence-corrected chi connectivity index (χ3v) is 5.39. The molecule has 0 aromatic rings. The predicted octanol–water partition coefficient (Wildman–Crippen LogP) is 2.86. The molecule has 0 aromatic carbocycles. The fourth-order valence-electron chi connectivity index (χ4n) is 3.60. The summed E-state index contributed by atoms with van der Waals surface area (Å²) in [6.07, 6.45) is 9.22. The Balaban J connectivity index is 2.78. The first-order valence-corrected chi connectivity index (χ1v) is 9.95. The number of hydrogen-bond acceptors (Lipinski definition) is 4. The molecule has 0 saturated carbocycles. The average molecular weight is 355 g/mol. The number of aliphatic hydroxyl groups is 1. The first-order valence-electron chi connectivity index (χ1n) is 9.95. The Morgan fingerprint density at radius 3 is 2.20 bits per heavy atom. The van der Waals surface area contributed by atoms with E-state index in [0.717, 1.165) is 25.8 Å². The summed E-state index contributed by atoms with van der Waals surface area (Å²) >= 11 is 0. The van der Waals surface area contributed by atoms with E-state index >= 15 is 0 Å². The minimum absolute atomic E-state index is 0.00806. The van der Waals surface area contributed by atoms with Gasteiger partial charge in [0.2, 0.25) is 5.91 Å². The van der Waals surface area contributed by atoms with Crippen LogP contribution >= 0.6 is 0 Å². The van der Waals surface area contributed by atoms with E-state index in [1.165, 1.54) is 32.1 Å². The molecular formula is C20H38N2O3. The number of likely N-dealkylation sites (N-methyl/N-ethyl adjacent to an activating group) is 1. The van der Waals surface area contributed by atoms with Crippen molar-refractivity contribution in [2.75, 3.05) is 27.7 Å². The number of aliphatic hydroxyl groups excluding tert-OH is 1. The Kier molecular flexibility index (Phi) is 10.3. The molecule has 1 saturated heterocycles. The Morgan fingerprint density at radius 1 is 1.12 bits per heavy atom. The Hall–Kier alpha value is -0.940. The predicted molar refractivity (Wildman–Crippen MR) is 101 cm³/mol. The number of hydrogen-bond donors (Lipinski definition) is 1. The van der Waals surface area contributed by atoms with Crippen molar-refractivity contribution in [1.82, 2.24) is 9.80 Å². The molecule has 3 atom stereocenters. The number of rotatable bonds is 4. The highest BCUT2D eigenvalue weighted by molar-refractivity contribution is 5.85. The monoisotopic (exact) mass is 354 g/mol. The second-order valence-corrected chi connectivity index (χ2v) is 7.93. The van der Waals surface area contributed by atoms with Crippen molar-refractivity contribution in [3.05, 3.63) is 0 Å². The normalized spacial score (nSPS) is 24.5. The van der Waals surface area contributed by atoms with E-state index in [-0.39, 0.29) is 24.0 Å². The van der Waals surface area contributed by atoms with Crippen LogP contribution in [0.2, 0.25) is 0 Å². The molecule has 1 amide bonds. The van der Waals surface area contributed by atoms with Crippen LogP contribution < -0.4 is 0 Å². The molecule has 1 aliphatic heterocycles. The quantitative estimate of drug-likeness (QED) is 0.843. The van der Waals surface area contributed by atoms with Gasteiger partial charge in [0, 0.05) is 26.9 Å². The SMILES string of the molecule is C[C@H](CC(=O)N(C)C)C(O)[C@H]1C(=O)CCCCCCCCCCN1C. The van der Waals surface area contributed by atoms with Crippen LogP contribution in [0.5, 0.6) is 0 Å². The summed E-state index contributed by atoms with van der Waals surface area (Å²) in [5.41, 5.74) is 0. The lowest BCUT2D eigenvalue weighted by atomic mass is 9.89. The van der Waals surface area contributed by atoms with E-state index in [1.807, 2.05) is 18.9 Å². The van der Waals surface area contributed by atoms with E-state index in [4.69, 9.17) is 0 Å². The van der Waals surface area contributed by atoms with Gasteiger partial charge in [-0.05, 0) is 32.4 Å². The molecule has 0 radical (unpaired) electrons. The molecule has 1 N–H and O–H groups in total. The van der Waals surface area contributed by atoms with E-state index in [1.54, 1.807) is 19.0 Å². The van der Waals surface area contributed by atoms with Crippen molar-refractivity contribution in [3.63, 3.8) is 0 Å². The molecule has 25 heavy (non-hydrogen) atoms. The van der Waals surface area contributed by atoms with Crippen LogP contribution in [0.25, 0.3) is 0 Å². The topological polar surface area (TPSA) is 60.9 Å². The Labute approximate surface area is 153 Å². The molecule has 0 aromatic heterocycles. The molecule has 5 nitrogen and oxygen atoms in total. The largest absolute Gasteiger partial charge is 0.391 e. The molecule has 1 rings (SSSR count). The lowest BCUT2D eigenvalue weighted by Crippen LogP contribution is -2.50. The summed E-state index contributed by atoms with van der Waals surface area (Å²) in [7, 11) is 5.38. The van der Waals surface area contributed by atoms with Crippen LogP contribution in [0, 0.1) is 5.92 Å². The van der Waals surface area contributed by atoms with Crippen LogP contribution in [0.15, 0.2) is 0 Å². The lowest BCUT2D eigenvalue weighted by Gasteiger charge is -2.34. The summed E-state index contributed by atoms with van der Waals surface area (Å²) < 4.78 is 0. The van der Waals surface area contributed by atoms with Gasteiger partial charge >= 0.3 is 0 Å². The van der Waals surface area contributed by atoms with Gasteiger partial charge in [-0.15, -0.1) is 0 Å².